The zero-order valence-electron chi connectivity index (χ0n) is 11.2. The molecule has 0 atom stereocenters. The second kappa shape index (κ2) is 6.14. The number of likely N-dealkylation sites (N-methyl/N-ethyl adjacent to an activating group) is 1. The SMILES string of the molecule is CN(C)S(=O)(=O)N(C)CCc1ccccc1C(=O)O. The molecule has 0 saturated heterocycles. The van der Waals surface area contributed by atoms with Gasteiger partial charge in [0.25, 0.3) is 10.2 Å². The van der Waals surface area contributed by atoms with E-state index in [2.05, 4.69) is 0 Å². The van der Waals surface area contributed by atoms with Crippen LogP contribution in [0.15, 0.2) is 24.3 Å². The Morgan fingerprint density at radius 2 is 1.79 bits per heavy atom. The summed E-state index contributed by atoms with van der Waals surface area (Å²) in [4.78, 5) is 11.0. The Morgan fingerprint density at radius 3 is 2.32 bits per heavy atom. The van der Waals surface area contributed by atoms with Crippen LogP contribution >= 0.6 is 0 Å². The van der Waals surface area contributed by atoms with Crippen LogP contribution in [0, 0.1) is 0 Å². The molecule has 0 amide bonds. The van der Waals surface area contributed by atoms with Crippen LogP contribution in [0.4, 0.5) is 0 Å². The number of carboxylic acid groups (broad SMARTS) is 1. The second-order valence-electron chi connectivity index (χ2n) is 4.32. The molecular formula is C12H18N2O4S. The Balaban J connectivity index is 2.81. The molecule has 106 valence electrons. The van der Waals surface area contributed by atoms with E-state index in [-0.39, 0.29) is 12.1 Å². The van der Waals surface area contributed by atoms with Crippen LogP contribution in [0.5, 0.6) is 0 Å². The van der Waals surface area contributed by atoms with Gasteiger partial charge in [0.2, 0.25) is 0 Å². The average Bonchev–Trinajstić information content (AvgIpc) is 2.35. The molecule has 1 aromatic carbocycles. The van der Waals surface area contributed by atoms with E-state index in [1.807, 2.05) is 0 Å². The maximum absolute atomic E-state index is 11.8. The third-order valence-corrected chi connectivity index (χ3v) is 4.69. The van der Waals surface area contributed by atoms with Crippen molar-refractivity contribution in [3.8, 4) is 0 Å². The van der Waals surface area contributed by atoms with Crippen molar-refractivity contribution in [1.29, 1.82) is 0 Å². The summed E-state index contributed by atoms with van der Waals surface area (Å²) in [6.07, 6.45) is 0.353. The fourth-order valence-corrected chi connectivity index (χ4v) is 2.50. The number of aromatic carboxylic acids is 1. The monoisotopic (exact) mass is 286 g/mol. The van der Waals surface area contributed by atoms with E-state index in [4.69, 9.17) is 5.11 Å². The Bertz CT molecular complexity index is 555. The van der Waals surface area contributed by atoms with E-state index < -0.39 is 16.2 Å². The first-order chi connectivity index (χ1) is 8.76. The third-order valence-electron chi connectivity index (χ3n) is 2.80. The first-order valence-electron chi connectivity index (χ1n) is 5.71. The summed E-state index contributed by atoms with van der Waals surface area (Å²) in [6, 6.07) is 6.59. The van der Waals surface area contributed by atoms with Gasteiger partial charge in [-0.05, 0) is 18.1 Å². The molecule has 0 aromatic heterocycles. The van der Waals surface area contributed by atoms with Crippen LogP contribution in [0.1, 0.15) is 15.9 Å². The third kappa shape index (κ3) is 3.76. The molecule has 6 nitrogen and oxygen atoms in total. The highest BCUT2D eigenvalue weighted by atomic mass is 32.2. The first-order valence-corrected chi connectivity index (χ1v) is 7.11. The van der Waals surface area contributed by atoms with Gasteiger partial charge >= 0.3 is 5.97 Å². The van der Waals surface area contributed by atoms with Crippen LogP contribution in [0.25, 0.3) is 0 Å². The van der Waals surface area contributed by atoms with Crippen molar-refractivity contribution < 1.29 is 18.3 Å². The number of hydrogen-bond acceptors (Lipinski definition) is 3. The van der Waals surface area contributed by atoms with Gasteiger partial charge in [0, 0.05) is 27.7 Å². The van der Waals surface area contributed by atoms with Crippen molar-refractivity contribution in [1.82, 2.24) is 8.61 Å². The molecule has 19 heavy (non-hydrogen) atoms. The zero-order chi connectivity index (χ0) is 14.6. The Morgan fingerprint density at radius 1 is 1.21 bits per heavy atom. The van der Waals surface area contributed by atoms with Crippen molar-refractivity contribution in [2.45, 2.75) is 6.42 Å². The summed E-state index contributed by atoms with van der Waals surface area (Å²) in [6.45, 7) is 0.227. The van der Waals surface area contributed by atoms with Crippen LogP contribution < -0.4 is 0 Å². The standard InChI is InChI=1S/C12H18N2O4S/c1-13(2)19(17,18)14(3)9-8-10-6-4-5-7-11(10)12(15)16/h4-7H,8-9H2,1-3H3,(H,15,16). The molecule has 1 aromatic rings. The number of nitrogens with zero attached hydrogens (tertiary/aromatic N) is 2. The lowest BCUT2D eigenvalue weighted by atomic mass is 10.1. The van der Waals surface area contributed by atoms with Gasteiger partial charge in [-0.3, -0.25) is 0 Å². The van der Waals surface area contributed by atoms with Crippen LogP contribution in [0.2, 0.25) is 0 Å². The Kier molecular flexibility index (Phi) is 5.04. The van der Waals surface area contributed by atoms with Gasteiger partial charge in [0.05, 0.1) is 5.56 Å². The molecule has 0 spiro atoms. The molecule has 7 heteroatoms. The zero-order valence-corrected chi connectivity index (χ0v) is 12.0. The molecule has 0 fully saturated rings. The van der Waals surface area contributed by atoms with Crippen molar-refractivity contribution in [3.05, 3.63) is 35.4 Å². The largest absolute Gasteiger partial charge is 0.478 e. The molecular weight excluding hydrogens is 268 g/mol. The fourth-order valence-electron chi connectivity index (χ4n) is 1.62. The van der Waals surface area contributed by atoms with Crippen LogP contribution in [-0.4, -0.2) is 55.8 Å². The number of carbonyl (C=O) groups is 1. The number of carboxylic acids is 1. The van der Waals surface area contributed by atoms with E-state index in [9.17, 15) is 13.2 Å². The molecule has 1 N–H and O–H groups in total. The molecule has 0 aliphatic rings. The Labute approximate surface area is 113 Å². The lowest BCUT2D eigenvalue weighted by Crippen LogP contribution is -2.38. The lowest BCUT2D eigenvalue weighted by molar-refractivity contribution is 0.0695. The van der Waals surface area contributed by atoms with Crippen molar-refractivity contribution >= 4 is 16.2 Å². The normalized spacial score (nSPS) is 12.1. The summed E-state index contributed by atoms with van der Waals surface area (Å²) < 4.78 is 25.9. The van der Waals surface area contributed by atoms with Gasteiger partial charge in [0.1, 0.15) is 0 Å². The minimum Gasteiger partial charge on any atom is -0.478 e. The highest BCUT2D eigenvalue weighted by Crippen LogP contribution is 2.11. The number of benzene rings is 1. The summed E-state index contributed by atoms with van der Waals surface area (Å²) in [7, 11) is 0.921. The van der Waals surface area contributed by atoms with Gasteiger partial charge < -0.3 is 5.11 Å². The smallest absolute Gasteiger partial charge is 0.335 e. The number of hydrogen-bond donors (Lipinski definition) is 1. The highest BCUT2D eigenvalue weighted by Gasteiger charge is 2.20. The molecule has 0 unspecified atom stereocenters. The maximum Gasteiger partial charge on any atom is 0.335 e. The minimum absolute atomic E-state index is 0.207. The van der Waals surface area contributed by atoms with Gasteiger partial charge in [-0.2, -0.15) is 17.0 Å². The molecule has 0 aliphatic carbocycles. The Hall–Kier alpha value is -1.44. The summed E-state index contributed by atoms with van der Waals surface area (Å²) in [5.41, 5.74) is 0.828. The highest BCUT2D eigenvalue weighted by molar-refractivity contribution is 7.86. The average molecular weight is 286 g/mol. The van der Waals surface area contributed by atoms with Crippen LogP contribution in [-0.2, 0) is 16.6 Å². The van der Waals surface area contributed by atoms with Gasteiger partial charge in [0.15, 0.2) is 0 Å². The van der Waals surface area contributed by atoms with E-state index in [1.54, 1.807) is 18.2 Å². The van der Waals surface area contributed by atoms with E-state index in [0.29, 0.717) is 12.0 Å². The molecule has 0 bridgehead atoms. The lowest BCUT2D eigenvalue weighted by Gasteiger charge is -2.21. The van der Waals surface area contributed by atoms with E-state index in [1.165, 1.54) is 31.5 Å². The maximum atomic E-state index is 11.8. The summed E-state index contributed by atoms with van der Waals surface area (Å²) in [5, 5.41) is 9.04. The summed E-state index contributed by atoms with van der Waals surface area (Å²) in [5.74, 6) is -1.01. The quantitative estimate of drug-likeness (QED) is 0.833. The van der Waals surface area contributed by atoms with Gasteiger partial charge in [-0.25, -0.2) is 4.79 Å². The summed E-state index contributed by atoms with van der Waals surface area (Å²) >= 11 is 0. The topological polar surface area (TPSA) is 77.9 Å². The fraction of sp³-hybridized carbons (Fsp3) is 0.417. The molecule has 0 heterocycles. The second-order valence-corrected chi connectivity index (χ2v) is 6.57. The van der Waals surface area contributed by atoms with Gasteiger partial charge in [-0.15, -0.1) is 0 Å². The number of rotatable bonds is 6. The predicted molar refractivity (Wildman–Crippen MR) is 72.3 cm³/mol. The molecule has 0 radical (unpaired) electrons. The molecule has 0 saturated carbocycles. The molecule has 0 aliphatic heterocycles. The predicted octanol–water partition coefficient (Wildman–Crippen LogP) is 0.666. The van der Waals surface area contributed by atoms with Crippen molar-refractivity contribution in [3.63, 3.8) is 0 Å². The molecule has 1 rings (SSSR count). The van der Waals surface area contributed by atoms with Crippen molar-refractivity contribution in [2.24, 2.45) is 0 Å². The minimum atomic E-state index is -3.46. The van der Waals surface area contributed by atoms with E-state index >= 15 is 0 Å². The van der Waals surface area contributed by atoms with Crippen LogP contribution in [0.3, 0.4) is 0 Å². The van der Waals surface area contributed by atoms with Crippen molar-refractivity contribution in [2.75, 3.05) is 27.7 Å². The van der Waals surface area contributed by atoms with E-state index in [0.717, 1.165) is 4.31 Å². The first kappa shape index (κ1) is 15.6. The van der Waals surface area contributed by atoms with Gasteiger partial charge in [-0.1, -0.05) is 18.2 Å².